The Hall–Kier alpha value is -0.860. The predicted octanol–water partition coefficient (Wildman–Crippen LogP) is 1.92. The quantitative estimate of drug-likeness (QED) is 0.771. The summed E-state index contributed by atoms with van der Waals surface area (Å²) in [6.07, 6.45) is 3.00. The van der Waals surface area contributed by atoms with Gasteiger partial charge < -0.3 is 10.8 Å². The minimum atomic E-state index is 0.177. The molecule has 2 heteroatoms. The van der Waals surface area contributed by atoms with E-state index in [0.29, 0.717) is 6.54 Å². The van der Waals surface area contributed by atoms with Crippen LogP contribution in [-0.4, -0.2) is 18.3 Å². The van der Waals surface area contributed by atoms with E-state index in [1.165, 1.54) is 16.7 Å². The lowest BCUT2D eigenvalue weighted by molar-refractivity contribution is 0.229. The van der Waals surface area contributed by atoms with Crippen molar-refractivity contribution in [2.24, 2.45) is 11.7 Å². The third-order valence-electron chi connectivity index (χ3n) is 3.16. The van der Waals surface area contributed by atoms with Crippen molar-refractivity contribution in [3.8, 4) is 0 Å². The molecule has 90 valence electrons. The molecule has 0 bridgehead atoms. The van der Waals surface area contributed by atoms with Crippen molar-refractivity contribution >= 4 is 0 Å². The van der Waals surface area contributed by atoms with E-state index in [1.54, 1.807) is 0 Å². The number of hydrogen-bond donors (Lipinski definition) is 2. The maximum absolute atomic E-state index is 9.20. The second kappa shape index (κ2) is 6.66. The molecule has 1 atom stereocenters. The zero-order chi connectivity index (χ0) is 12.0. The second-order valence-corrected chi connectivity index (χ2v) is 4.30. The fraction of sp³-hybridized carbons (Fsp3) is 0.571. The van der Waals surface area contributed by atoms with Crippen molar-refractivity contribution in [3.05, 3.63) is 34.9 Å². The molecule has 16 heavy (non-hydrogen) atoms. The van der Waals surface area contributed by atoms with Gasteiger partial charge in [-0.05, 0) is 48.4 Å². The van der Waals surface area contributed by atoms with E-state index in [9.17, 15) is 5.11 Å². The van der Waals surface area contributed by atoms with Crippen molar-refractivity contribution < 1.29 is 5.11 Å². The first-order valence-electron chi connectivity index (χ1n) is 6.16. The molecule has 0 radical (unpaired) electrons. The highest BCUT2D eigenvalue weighted by atomic mass is 16.3. The Morgan fingerprint density at radius 3 is 2.44 bits per heavy atom. The SMILES string of the molecule is CCc1ccc(CC)c(CC(CN)CO)c1. The molecular weight excluding hydrogens is 198 g/mol. The lowest BCUT2D eigenvalue weighted by atomic mass is 9.93. The van der Waals surface area contributed by atoms with Crippen LogP contribution >= 0.6 is 0 Å². The number of benzene rings is 1. The molecule has 0 aliphatic rings. The summed E-state index contributed by atoms with van der Waals surface area (Å²) in [5.74, 6) is 0.192. The molecule has 0 saturated heterocycles. The molecule has 0 heterocycles. The van der Waals surface area contributed by atoms with Gasteiger partial charge in [-0.3, -0.25) is 0 Å². The number of aliphatic hydroxyl groups excluding tert-OH is 1. The highest BCUT2D eigenvalue weighted by molar-refractivity contribution is 5.32. The fourth-order valence-corrected chi connectivity index (χ4v) is 1.97. The van der Waals surface area contributed by atoms with Crippen LogP contribution in [0.2, 0.25) is 0 Å². The van der Waals surface area contributed by atoms with Gasteiger partial charge in [0.2, 0.25) is 0 Å². The van der Waals surface area contributed by atoms with E-state index in [0.717, 1.165) is 19.3 Å². The Kier molecular flexibility index (Phi) is 5.50. The molecule has 1 aromatic rings. The maximum Gasteiger partial charge on any atom is 0.0474 e. The third kappa shape index (κ3) is 3.32. The lowest BCUT2D eigenvalue weighted by Crippen LogP contribution is -2.21. The van der Waals surface area contributed by atoms with Crippen molar-refractivity contribution in [2.45, 2.75) is 33.1 Å². The number of hydrogen-bond acceptors (Lipinski definition) is 2. The van der Waals surface area contributed by atoms with Crippen molar-refractivity contribution in [1.29, 1.82) is 0 Å². The van der Waals surface area contributed by atoms with Crippen LogP contribution in [0.3, 0.4) is 0 Å². The summed E-state index contributed by atoms with van der Waals surface area (Å²) in [7, 11) is 0. The van der Waals surface area contributed by atoms with E-state index >= 15 is 0 Å². The van der Waals surface area contributed by atoms with Gasteiger partial charge in [-0.1, -0.05) is 32.0 Å². The Bertz CT molecular complexity index is 319. The number of aliphatic hydroxyl groups is 1. The normalized spacial score (nSPS) is 12.8. The second-order valence-electron chi connectivity index (χ2n) is 4.30. The first kappa shape index (κ1) is 13.2. The van der Waals surface area contributed by atoms with Crippen LogP contribution in [0.25, 0.3) is 0 Å². The van der Waals surface area contributed by atoms with Crippen LogP contribution in [0.1, 0.15) is 30.5 Å². The standard InChI is InChI=1S/C14H23NO/c1-3-11-5-6-13(4-2)14(7-11)8-12(9-15)10-16/h5-7,12,16H,3-4,8-10,15H2,1-2H3. The number of rotatable bonds is 6. The van der Waals surface area contributed by atoms with Crippen LogP contribution in [0.5, 0.6) is 0 Å². The van der Waals surface area contributed by atoms with Crippen molar-refractivity contribution in [3.63, 3.8) is 0 Å². The van der Waals surface area contributed by atoms with Crippen LogP contribution in [-0.2, 0) is 19.3 Å². The van der Waals surface area contributed by atoms with Crippen molar-refractivity contribution in [2.75, 3.05) is 13.2 Å². The monoisotopic (exact) mass is 221 g/mol. The maximum atomic E-state index is 9.20. The third-order valence-corrected chi connectivity index (χ3v) is 3.16. The van der Waals surface area contributed by atoms with Gasteiger partial charge in [0.25, 0.3) is 0 Å². The molecule has 1 rings (SSSR count). The first-order chi connectivity index (χ1) is 7.74. The van der Waals surface area contributed by atoms with Gasteiger partial charge >= 0.3 is 0 Å². The Balaban J connectivity index is 2.90. The molecule has 0 fully saturated rings. The largest absolute Gasteiger partial charge is 0.396 e. The van der Waals surface area contributed by atoms with Crippen LogP contribution in [0.15, 0.2) is 18.2 Å². The zero-order valence-corrected chi connectivity index (χ0v) is 10.4. The van der Waals surface area contributed by atoms with Crippen molar-refractivity contribution in [1.82, 2.24) is 0 Å². The van der Waals surface area contributed by atoms with E-state index in [-0.39, 0.29) is 12.5 Å². The van der Waals surface area contributed by atoms with Gasteiger partial charge in [0.05, 0.1) is 0 Å². The summed E-state index contributed by atoms with van der Waals surface area (Å²) < 4.78 is 0. The highest BCUT2D eigenvalue weighted by Crippen LogP contribution is 2.17. The molecule has 1 aromatic carbocycles. The van der Waals surface area contributed by atoms with E-state index in [1.807, 2.05) is 0 Å². The van der Waals surface area contributed by atoms with Crippen LogP contribution in [0, 0.1) is 5.92 Å². The molecule has 0 saturated carbocycles. The molecule has 0 spiro atoms. The van der Waals surface area contributed by atoms with Gasteiger partial charge in [0, 0.05) is 6.61 Å². The summed E-state index contributed by atoms with van der Waals surface area (Å²) >= 11 is 0. The summed E-state index contributed by atoms with van der Waals surface area (Å²) in [5.41, 5.74) is 9.73. The molecule has 0 aromatic heterocycles. The zero-order valence-electron chi connectivity index (χ0n) is 10.4. The molecule has 2 nitrogen and oxygen atoms in total. The smallest absolute Gasteiger partial charge is 0.0474 e. The van der Waals surface area contributed by atoms with Gasteiger partial charge in [0.15, 0.2) is 0 Å². The summed E-state index contributed by atoms with van der Waals surface area (Å²) in [6, 6.07) is 6.66. The molecule has 3 N–H and O–H groups in total. The summed E-state index contributed by atoms with van der Waals surface area (Å²) in [4.78, 5) is 0. The minimum absolute atomic E-state index is 0.177. The topological polar surface area (TPSA) is 46.2 Å². The Morgan fingerprint density at radius 1 is 1.19 bits per heavy atom. The molecule has 0 amide bonds. The first-order valence-corrected chi connectivity index (χ1v) is 6.16. The summed E-state index contributed by atoms with van der Waals surface area (Å²) in [5, 5.41) is 9.20. The van der Waals surface area contributed by atoms with Crippen LogP contribution in [0.4, 0.5) is 0 Å². The molecule has 0 aliphatic heterocycles. The van der Waals surface area contributed by atoms with E-state index in [2.05, 4.69) is 32.0 Å². The summed E-state index contributed by atoms with van der Waals surface area (Å²) in [6.45, 7) is 5.06. The lowest BCUT2D eigenvalue weighted by Gasteiger charge is -2.15. The number of nitrogens with two attached hydrogens (primary N) is 1. The molecular formula is C14H23NO. The minimum Gasteiger partial charge on any atom is -0.396 e. The number of aryl methyl sites for hydroxylation is 2. The van der Waals surface area contributed by atoms with Crippen LogP contribution < -0.4 is 5.73 Å². The average Bonchev–Trinajstić information content (AvgIpc) is 2.35. The van der Waals surface area contributed by atoms with Gasteiger partial charge in [0.1, 0.15) is 0 Å². The highest BCUT2D eigenvalue weighted by Gasteiger charge is 2.09. The Morgan fingerprint density at radius 2 is 1.94 bits per heavy atom. The molecule has 0 aliphatic carbocycles. The van der Waals surface area contributed by atoms with E-state index < -0.39 is 0 Å². The van der Waals surface area contributed by atoms with E-state index in [4.69, 9.17) is 5.73 Å². The predicted molar refractivity (Wildman–Crippen MR) is 68.5 cm³/mol. The fourth-order valence-electron chi connectivity index (χ4n) is 1.97. The Labute approximate surface area is 98.5 Å². The molecule has 1 unspecified atom stereocenters. The average molecular weight is 221 g/mol. The van der Waals surface area contributed by atoms with Gasteiger partial charge in [-0.15, -0.1) is 0 Å². The van der Waals surface area contributed by atoms with Gasteiger partial charge in [-0.25, -0.2) is 0 Å². The van der Waals surface area contributed by atoms with Gasteiger partial charge in [-0.2, -0.15) is 0 Å².